The minimum Gasteiger partial charge on any atom is -0.0761 e. The summed E-state index contributed by atoms with van der Waals surface area (Å²) < 4.78 is 0. The van der Waals surface area contributed by atoms with Gasteiger partial charge in [0.05, 0.1) is 0 Å². The van der Waals surface area contributed by atoms with Crippen molar-refractivity contribution in [3.8, 4) is 0 Å². The normalized spacial score (nSPS) is 27.1. The first-order chi connectivity index (χ1) is 8.59. The molecule has 1 aliphatic rings. The number of benzene rings is 1. The molecule has 1 aliphatic carbocycles. The smallest absolute Gasteiger partial charge is 0.0115 e. The van der Waals surface area contributed by atoms with Gasteiger partial charge in [0.2, 0.25) is 0 Å². The van der Waals surface area contributed by atoms with Crippen LogP contribution in [0.1, 0.15) is 50.7 Å². The number of aryl methyl sites for hydroxylation is 1. The highest BCUT2D eigenvalue weighted by Crippen LogP contribution is 2.48. The lowest BCUT2D eigenvalue weighted by molar-refractivity contribution is 0.317. The summed E-state index contributed by atoms with van der Waals surface area (Å²) in [5.41, 5.74) is 4.68. The molecular weight excluding hydrogens is 216 g/mol. The average Bonchev–Trinajstić information content (AvgIpc) is 2.34. The molecule has 2 atom stereocenters. The Morgan fingerprint density at radius 2 is 1.89 bits per heavy atom. The molecule has 2 unspecified atom stereocenters. The zero-order valence-corrected chi connectivity index (χ0v) is 12.0. The summed E-state index contributed by atoms with van der Waals surface area (Å²) in [5, 5.41) is 0. The fraction of sp³-hybridized carbons (Fsp3) is 0.444. The second kappa shape index (κ2) is 5.14. The molecule has 0 nitrogen and oxygen atoms in total. The van der Waals surface area contributed by atoms with Crippen molar-refractivity contribution in [2.75, 3.05) is 0 Å². The fourth-order valence-corrected chi connectivity index (χ4v) is 3.21. The maximum absolute atomic E-state index is 2.42. The lowest BCUT2D eigenvalue weighted by Gasteiger charge is -2.40. The molecule has 1 aromatic rings. The molecule has 0 heteroatoms. The van der Waals surface area contributed by atoms with Crippen LogP contribution in [0.5, 0.6) is 0 Å². The molecule has 0 aromatic heterocycles. The third kappa shape index (κ3) is 2.16. The van der Waals surface area contributed by atoms with Gasteiger partial charge in [0, 0.05) is 5.92 Å². The Kier molecular flexibility index (Phi) is 3.75. The summed E-state index contributed by atoms with van der Waals surface area (Å²) in [7, 11) is 0. The van der Waals surface area contributed by atoms with Crippen molar-refractivity contribution in [3.63, 3.8) is 0 Å². The van der Waals surface area contributed by atoms with E-state index in [9.17, 15) is 0 Å². The SMILES string of the molecule is CCCC1(C)C(C)=CC=CC1c1ccccc1C. The third-order valence-corrected chi connectivity index (χ3v) is 4.53. The highest BCUT2D eigenvalue weighted by Gasteiger charge is 2.36. The largest absolute Gasteiger partial charge is 0.0761 e. The average molecular weight is 240 g/mol. The predicted molar refractivity (Wildman–Crippen MR) is 79.8 cm³/mol. The zero-order valence-electron chi connectivity index (χ0n) is 12.0. The van der Waals surface area contributed by atoms with Gasteiger partial charge in [-0.2, -0.15) is 0 Å². The molecule has 0 bridgehead atoms. The highest BCUT2D eigenvalue weighted by molar-refractivity contribution is 5.40. The highest BCUT2D eigenvalue weighted by atomic mass is 14.4. The standard InChI is InChI=1S/C18H24/c1-5-13-18(4)15(3)10-8-12-17(18)16-11-7-6-9-14(16)2/h6-12,17H,5,13H2,1-4H3. The topological polar surface area (TPSA) is 0 Å². The summed E-state index contributed by atoms with van der Waals surface area (Å²) in [6, 6.07) is 8.81. The van der Waals surface area contributed by atoms with Crippen LogP contribution in [0.2, 0.25) is 0 Å². The van der Waals surface area contributed by atoms with Crippen molar-refractivity contribution >= 4 is 0 Å². The molecule has 0 saturated heterocycles. The van der Waals surface area contributed by atoms with Crippen LogP contribution in [0.3, 0.4) is 0 Å². The molecule has 18 heavy (non-hydrogen) atoms. The monoisotopic (exact) mass is 240 g/mol. The van der Waals surface area contributed by atoms with E-state index >= 15 is 0 Å². The summed E-state index contributed by atoms with van der Waals surface area (Å²) in [5.74, 6) is 0.517. The molecule has 0 radical (unpaired) electrons. The van der Waals surface area contributed by atoms with E-state index in [4.69, 9.17) is 0 Å². The Balaban J connectivity index is 2.46. The van der Waals surface area contributed by atoms with Crippen LogP contribution in [0.15, 0.2) is 48.1 Å². The van der Waals surface area contributed by atoms with Gasteiger partial charge in [0.15, 0.2) is 0 Å². The van der Waals surface area contributed by atoms with Crippen molar-refractivity contribution in [1.29, 1.82) is 0 Å². The Hall–Kier alpha value is -1.30. The Labute approximate surface area is 111 Å². The zero-order chi connectivity index (χ0) is 13.2. The van der Waals surface area contributed by atoms with Gasteiger partial charge in [-0.05, 0) is 36.8 Å². The minimum absolute atomic E-state index is 0.273. The van der Waals surface area contributed by atoms with Gasteiger partial charge in [-0.1, -0.05) is 68.3 Å². The van der Waals surface area contributed by atoms with Crippen LogP contribution >= 0.6 is 0 Å². The molecule has 2 rings (SSSR count). The first-order valence-corrected chi connectivity index (χ1v) is 7.00. The second-order valence-electron chi connectivity index (χ2n) is 5.74. The molecule has 0 spiro atoms. The van der Waals surface area contributed by atoms with Crippen LogP contribution in [0.25, 0.3) is 0 Å². The fourth-order valence-electron chi connectivity index (χ4n) is 3.21. The molecule has 0 aliphatic heterocycles. The van der Waals surface area contributed by atoms with E-state index in [0.29, 0.717) is 5.92 Å². The molecule has 1 aromatic carbocycles. The molecular formula is C18H24. The predicted octanol–water partition coefficient (Wildman–Crippen LogP) is 5.40. The Morgan fingerprint density at radius 3 is 2.56 bits per heavy atom. The molecule has 0 amide bonds. The summed E-state index contributed by atoms with van der Waals surface area (Å²) >= 11 is 0. The summed E-state index contributed by atoms with van der Waals surface area (Å²) in [6.07, 6.45) is 9.37. The second-order valence-corrected chi connectivity index (χ2v) is 5.74. The Bertz CT molecular complexity index is 479. The van der Waals surface area contributed by atoms with Gasteiger partial charge in [-0.15, -0.1) is 0 Å². The molecule has 0 heterocycles. The van der Waals surface area contributed by atoms with Gasteiger partial charge in [0.1, 0.15) is 0 Å². The number of hydrogen-bond donors (Lipinski definition) is 0. The van der Waals surface area contributed by atoms with Crippen LogP contribution in [0, 0.1) is 12.3 Å². The Morgan fingerprint density at radius 1 is 1.17 bits per heavy atom. The van der Waals surface area contributed by atoms with Gasteiger partial charge >= 0.3 is 0 Å². The van der Waals surface area contributed by atoms with Crippen LogP contribution in [-0.2, 0) is 0 Å². The maximum Gasteiger partial charge on any atom is 0.0115 e. The van der Waals surface area contributed by atoms with E-state index in [1.807, 2.05) is 0 Å². The van der Waals surface area contributed by atoms with E-state index < -0.39 is 0 Å². The van der Waals surface area contributed by atoms with E-state index in [-0.39, 0.29) is 5.41 Å². The quantitative estimate of drug-likeness (QED) is 0.663. The van der Waals surface area contributed by atoms with Gasteiger partial charge < -0.3 is 0 Å². The number of hydrogen-bond acceptors (Lipinski definition) is 0. The van der Waals surface area contributed by atoms with E-state index in [1.54, 1.807) is 0 Å². The van der Waals surface area contributed by atoms with Crippen molar-refractivity contribution in [1.82, 2.24) is 0 Å². The van der Waals surface area contributed by atoms with Crippen LogP contribution < -0.4 is 0 Å². The number of allylic oxidation sites excluding steroid dienone is 4. The molecule has 96 valence electrons. The van der Waals surface area contributed by atoms with Crippen molar-refractivity contribution in [2.24, 2.45) is 5.41 Å². The van der Waals surface area contributed by atoms with E-state index in [2.05, 4.69) is 70.2 Å². The summed E-state index contributed by atoms with van der Waals surface area (Å²) in [4.78, 5) is 0. The third-order valence-electron chi connectivity index (χ3n) is 4.53. The van der Waals surface area contributed by atoms with Crippen molar-refractivity contribution < 1.29 is 0 Å². The first-order valence-electron chi connectivity index (χ1n) is 7.00. The summed E-state index contributed by atoms with van der Waals surface area (Å²) in [6.45, 7) is 9.21. The van der Waals surface area contributed by atoms with Gasteiger partial charge in [-0.25, -0.2) is 0 Å². The molecule has 0 fully saturated rings. The maximum atomic E-state index is 2.42. The minimum atomic E-state index is 0.273. The van der Waals surface area contributed by atoms with Crippen molar-refractivity contribution in [3.05, 3.63) is 59.2 Å². The number of rotatable bonds is 3. The van der Waals surface area contributed by atoms with E-state index in [0.717, 1.165) is 0 Å². The molecule has 0 saturated carbocycles. The first kappa shape index (κ1) is 13.1. The lowest BCUT2D eigenvalue weighted by Crippen LogP contribution is -2.28. The van der Waals surface area contributed by atoms with Gasteiger partial charge in [0.25, 0.3) is 0 Å². The van der Waals surface area contributed by atoms with Crippen LogP contribution in [-0.4, -0.2) is 0 Å². The van der Waals surface area contributed by atoms with E-state index in [1.165, 1.54) is 29.5 Å². The van der Waals surface area contributed by atoms with Gasteiger partial charge in [-0.3, -0.25) is 0 Å². The van der Waals surface area contributed by atoms with Crippen LogP contribution in [0.4, 0.5) is 0 Å². The lowest BCUT2D eigenvalue weighted by atomic mass is 9.64. The molecule has 0 N–H and O–H groups in total. The van der Waals surface area contributed by atoms with Crippen molar-refractivity contribution in [2.45, 2.75) is 46.5 Å².